The van der Waals surface area contributed by atoms with Gasteiger partial charge in [-0.1, -0.05) is 73.6 Å². The van der Waals surface area contributed by atoms with Crippen LogP contribution in [-0.4, -0.2) is 0 Å². The summed E-state index contributed by atoms with van der Waals surface area (Å²) < 4.78 is 15.3. The molecule has 0 unspecified atom stereocenters. The van der Waals surface area contributed by atoms with Crippen molar-refractivity contribution >= 4 is 10.9 Å². The molecule has 4 heterocycles. The van der Waals surface area contributed by atoms with Gasteiger partial charge in [0.2, 0.25) is 5.69 Å². The summed E-state index contributed by atoms with van der Waals surface area (Å²) >= 11 is 0. The lowest BCUT2D eigenvalue weighted by atomic mass is 10.1. The van der Waals surface area contributed by atoms with Crippen LogP contribution in [0.25, 0.3) is 22.2 Å². The third-order valence-corrected chi connectivity index (χ3v) is 4.68. The van der Waals surface area contributed by atoms with Crippen molar-refractivity contribution in [2.24, 2.45) is 0 Å². The predicted molar refractivity (Wildman–Crippen MR) is 143 cm³/mol. The van der Waals surface area contributed by atoms with Crippen molar-refractivity contribution in [3.63, 3.8) is 0 Å². The van der Waals surface area contributed by atoms with Gasteiger partial charge in [0.15, 0.2) is 18.1 Å². The molecule has 0 bridgehead atoms. The van der Waals surface area contributed by atoms with E-state index in [0.29, 0.717) is 13.5 Å². The van der Waals surface area contributed by atoms with Gasteiger partial charge >= 0.3 is 0 Å². The van der Waals surface area contributed by atoms with Gasteiger partial charge in [0.05, 0.1) is 10.9 Å². The minimum absolute atomic E-state index is 0.604. The fourth-order valence-corrected chi connectivity index (χ4v) is 3.45. The van der Waals surface area contributed by atoms with Crippen LogP contribution in [0.3, 0.4) is 0 Å². The van der Waals surface area contributed by atoms with Crippen molar-refractivity contribution in [1.82, 2.24) is 0 Å². The normalized spacial score (nSPS) is 10.6. The van der Waals surface area contributed by atoms with Gasteiger partial charge in [0.1, 0.15) is 5.75 Å². The van der Waals surface area contributed by atoms with Gasteiger partial charge in [-0.15, -0.1) is 0 Å². The van der Waals surface area contributed by atoms with Gasteiger partial charge in [0, 0.05) is 18.2 Å². The highest BCUT2D eigenvalue weighted by Crippen LogP contribution is 2.29. The number of aromatic nitrogens is 2. The summed E-state index contributed by atoms with van der Waals surface area (Å²) in [6.07, 6.45) is 4.07. The maximum absolute atomic E-state index is 5.61. The summed E-state index contributed by atoms with van der Waals surface area (Å²) in [6.45, 7) is 17.3. The first-order valence-corrected chi connectivity index (χ1v) is 12.6. The van der Waals surface area contributed by atoms with E-state index in [9.17, 15) is 0 Å². The molecule has 4 heteroatoms. The predicted octanol–water partition coefficient (Wildman–Crippen LogP) is 7.57. The van der Waals surface area contributed by atoms with E-state index in [1.54, 1.807) is 0 Å². The summed E-state index contributed by atoms with van der Waals surface area (Å²) in [5.74, 6) is 1.96. The zero-order chi connectivity index (χ0) is 25.3. The Balaban J connectivity index is 0.000000265. The third kappa shape index (κ3) is 6.80. The molecule has 0 saturated heterocycles. The SMILES string of the molecule is CC.CC.CC.CC.c1cc2c3c(c1)ccc[n+]3CO2.c1ccc2c(c1)OC[n+]1ccccc1-2. The number of pyridine rings is 2. The Labute approximate surface area is 206 Å². The van der Waals surface area contributed by atoms with E-state index in [-0.39, 0.29) is 0 Å². The Kier molecular flexibility index (Phi) is 13.7. The highest BCUT2D eigenvalue weighted by Gasteiger charge is 2.22. The van der Waals surface area contributed by atoms with Crippen LogP contribution in [0.1, 0.15) is 55.4 Å². The van der Waals surface area contributed by atoms with E-state index in [4.69, 9.17) is 9.47 Å². The van der Waals surface area contributed by atoms with E-state index in [1.165, 1.54) is 22.2 Å². The average molecular weight is 463 g/mol. The van der Waals surface area contributed by atoms with Crippen molar-refractivity contribution in [2.75, 3.05) is 0 Å². The molecule has 0 radical (unpaired) electrons. The van der Waals surface area contributed by atoms with Gasteiger partial charge in [-0.3, -0.25) is 0 Å². The molecule has 4 aromatic rings. The van der Waals surface area contributed by atoms with Crippen molar-refractivity contribution in [2.45, 2.75) is 68.9 Å². The quantitative estimate of drug-likeness (QED) is 0.252. The second-order valence-electron chi connectivity index (χ2n) is 6.27. The Hall–Kier alpha value is -3.40. The molecule has 0 amide bonds. The monoisotopic (exact) mass is 462 g/mol. The van der Waals surface area contributed by atoms with Crippen molar-refractivity contribution < 1.29 is 18.6 Å². The molecular weight excluding hydrogens is 420 g/mol. The van der Waals surface area contributed by atoms with E-state index < -0.39 is 0 Å². The van der Waals surface area contributed by atoms with Crippen LogP contribution in [0, 0.1) is 0 Å². The molecular formula is C30H42N2O2+2. The number of fused-ring (bicyclic) bond motifs is 3. The largest absolute Gasteiger partial charge is 0.435 e. The lowest BCUT2D eigenvalue weighted by Gasteiger charge is -2.14. The van der Waals surface area contributed by atoms with Crippen LogP contribution >= 0.6 is 0 Å². The molecule has 0 fully saturated rings. The van der Waals surface area contributed by atoms with Gasteiger partial charge in [0.25, 0.3) is 19.0 Å². The molecule has 0 atom stereocenters. The first-order valence-electron chi connectivity index (χ1n) is 12.6. The summed E-state index contributed by atoms with van der Waals surface area (Å²) in [5, 5.41) is 1.24. The van der Waals surface area contributed by atoms with Gasteiger partial charge in [-0.05, 0) is 36.4 Å². The summed E-state index contributed by atoms with van der Waals surface area (Å²) in [4.78, 5) is 0. The highest BCUT2D eigenvalue weighted by molar-refractivity contribution is 5.81. The molecule has 2 aliphatic rings. The van der Waals surface area contributed by atoms with E-state index >= 15 is 0 Å². The van der Waals surface area contributed by atoms with Crippen LogP contribution in [0.15, 0.2) is 85.2 Å². The molecule has 2 aromatic heterocycles. The van der Waals surface area contributed by atoms with Crippen LogP contribution in [0.4, 0.5) is 0 Å². The molecule has 2 aliphatic heterocycles. The first kappa shape index (κ1) is 28.6. The number of para-hydroxylation sites is 2. The molecule has 0 spiro atoms. The van der Waals surface area contributed by atoms with E-state index in [1.807, 2.05) is 116 Å². The fraction of sp³-hybridized carbons (Fsp3) is 0.333. The molecule has 0 saturated carbocycles. The Bertz CT molecular complexity index is 1030. The molecule has 34 heavy (non-hydrogen) atoms. The minimum atomic E-state index is 0.604. The Morgan fingerprint density at radius 3 is 1.85 bits per heavy atom. The van der Waals surface area contributed by atoms with Gasteiger partial charge in [-0.2, -0.15) is 9.13 Å². The summed E-state index contributed by atoms with van der Waals surface area (Å²) in [6, 6.07) is 24.6. The second-order valence-corrected chi connectivity index (χ2v) is 6.27. The molecule has 0 N–H and O–H groups in total. The average Bonchev–Trinajstić information content (AvgIpc) is 3.39. The molecule has 4 nitrogen and oxygen atoms in total. The van der Waals surface area contributed by atoms with Crippen LogP contribution in [0.2, 0.25) is 0 Å². The topological polar surface area (TPSA) is 26.2 Å². The zero-order valence-corrected chi connectivity index (χ0v) is 22.2. The summed E-state index contributed by atoms with van der Waals surface area (Å²) in [5.41, 5.74) is 3.59. The van der Waals surface area contributed by atoms with Crippen LogP contribution < -0.4 is 18.6 Å². The number of ether oxygens (including phenoxy) is 2. The minimum Gasteiger partial charge on any atom is -0.435 e. The molecule has 6 rings (SSSR count). The molecule has 2 aromatic carbocycles. The fourth-order valence-electron chi connectivity index (χ4n) is 3.45. The van der Waals surface area contributed by atoms with Crippen molar-refractivity contribution in [3.05, 3.63) is 85.2 Å². The number of rotatable bonds is 0. The Morgan fingerprint density at radius 1 is 0.529 bits per heavy atom. The lowest BCUT2D eigenvalue weighted by Crippen LogP contribution is -2.41. The van der Waals surface area contributed by atoms with Gasteiger partial charge < -0.3 is 9.47 Å². The van der Waals surface area contributed by atoms with Crippen molar-refractivity contribution in [3.8, 4) is 22.8 Å². The maximum atomic E-state index is 5.61. The van der Waals surface area contributed by atoms with E-state index in [2.05, 4.69) is 33.4 Å². The van der Waals surface area contributed by atoms with Crippen LogP contribution in [0.5, 0.6) is 11.5 Å². The van der Waals surface area contributed by atoms with E-state index in [0.717, 1.165) is 11.5 Å². The maximum Gasteiger partial charge on any atom is 0.293 e. The smallest absolute Gasteiger partial charge is 0.293 e. The number of hydrogen-bond donors (Lipinski definition) is 0. The Morgan fingerprint density at radius 2 is 1.09 bits per heavy atom. The van der Waals surface area contributed by atoms with Crippen LogP contribution in [-0.2, 0) is 13.5 Å². The number of hydrogen-bond acceptors (Lipinski definition) is 2. The summed E-state index contributed by atoms with van der Waals surface area (Å²) in [7, 11) is 0. The number of nitrogens with zero attached hydrogens (tertiary/aromatic N) is 2. The number of benzene rings is 2. The third-order valence-electron chi connectivity index (χ3n) is 4.68. The molecule has 182 valence electrons. The highest BCUT2D eigenvalue weighted by atomic mass is 16.5. The van der Waals surface area contributed by atoms with Crippen molar-refractivity contribution in [1.29, 1.82) is 0 Å². The van der Waals surface area contributed by atoms with Gasteiger partial charge in [-0.25, -0.2) is 0 Å². The lowest BCUT2D eigenvalue weighted by molar-refractivity contribution is -0.717. The second kappa shape index (κ2) is 16.2. The standard InChI is InChI=1S/C12H10NO.C10H8NO.4C2H6/c1-2-7-12-10(5-1)11-6-3-4-8-13(11)9-14-12;1-3-8-4-2-6-11-7-12-9(5-1)10(8)11;4*1-2/h1-8H,9H2;1-6H,7H2;4*1-2H3/q2*+1;;;;. The molecule has 0 aliphatic carbocycles. The first-order chi connectivity index (χ1) is 16.9. The zero-order valence-electron chi connectivity index (χ0n) is 22.2.